The molecule has 0 saturated heterocycles. The summed E-state index contributed by atoms with van der Waals surface area (Å²) in [5.41, 5.74) is 7.67. The maximum Gasteiger partial charge on any atom is 0.0449 e. The van der Waals surface area contributed by atoms with Gasteiger partial charge < -0.3 is 5.73 Å². The molecule has 1 saturated carbocycles. The Kier molecular flexibility index (Phi) is 4.40. The molecule has 1 aliphatic rings. The smallest absolute Gasteiger partial charge is 0.0449 e. The van der Waals surface area contributed by atoms with Crippen molar-refractivity contribution in [2.45, 2.75) is 45.1 Å². The summed E-state index contributed by atoms with van der Waals surface area (Å²) in [5.74, 6) is 1.50. The van der Waals surface area contributed by atoms with E-state index >= 15 is 0 Å². The fourth-order valence-electron chi connectivity index (χ4n) is 2.95. The van der Waals surface area contributed by atoms with Crippen LogP contribution < -0.4 is 5.73 Å². The Hall–Kier alpha value is -0.0500. The van der Waals surface area contributed by atoms with Gasteiger partial charge in [0.1, 0.15) is 0 Å². The lowest BCUT2D eigenvalue weighted by Gasteiger charge is -2.40. The molecule has 1 fully saturated rings. The third kappa shape index (κ3) is 3.28. The Morgan fingerprint density at radius 2 is 2.11 bits per heavy atom. The largest absolute Gasteiger partial charge is 0.325 e. The zero-order chi connectivity index (χ0) is 13.3. The van der Waals surface area contributed by atoms with E-state index in [1.165, 1.54) is 12.0 Å². The molecule has 0 aromatic heterocycles. The minimum atomic E-state index is -0.0800. The van der Waals surface area contributed by atoms with Crippen LogP contribution in [0.25, 0.3) is 0 Å². The molecule has 18 heavy (non-hydrogen) atoms. The summed E-state index contributed by atoms with van der Waals surface area (Å²) in [6.07, 6.45) is 4.31. The fraction of sp³-hybridized carbons (Fsp3) is 0.600. The van der Waals surface area contributed by atoms with Gasteiger partial charge in [-0.3, -0.25) is 0 Å². The van der Waals surface area contributed by atoms with E-state index in [-0.39, 0.29) is 5.54 Å². The minimum absolute atomic E-state index is 0.0800. The van der Waals surface area contributed by atoms with E-state index in [2.05, 4.69) is 35.8 Å². The van der Waals surface area contributed by atoms with Crippen LogP contribution in [0.1, 0.15) is 38.7 Å². The molecule has 3 atom stereocenters. The predicted molar refractivity (Wildman–Crippen MR) is 82.0 cm³/mol. The van der Waals surface area contributed by atoms with Crippen LogP contribution in [0.4, 0.5) is 0 Å². The lowest BCUT2D eigenvalue weighted by Crippen LogP contribution is -2.47. The lowest BCUT2D eigenvalue weighted by molar-refractivity contribution is 0.176. The Balaban J connectivity index is 2.13. The Labute approximate surface area is 123 Å². The Morgan fingerprint density at radius 1 is 1.39 bits per heavy atom. The molecule has 0 amide bonds. The van der Waals surface area contributed by atoms with Gasteiger partial charge in [-0.25, -0.2) is 0 Å². The van der Waals surface area contributed by atoms with Crippen molar-refractivity contribution < 1.29 is 0 Å². The van der Waals surface area contributed by atoms with Crippen LogP contribution in [0, 0.1) is 11.8 Å². The number of nitrogens with two attached hydrogens (primary N) is 1. The van der Waals surface area contributed by atoms with Gasteiger partial charge in [0, 0.05) is 15.0 Å². The minimum Gasteiger partial charge on any atom is -0.325 e. The molecule has 1 nitrogen and oxygen atoms in total. The first-order chi connectivity index (χ1) is 8.39. The normalized spacial score (nSPS) is 32.5. The van der Waals surface area contributed by atoms with Crippen LogP contribution in [-0.4, -0.2) is 5.54 Å². The molecule has 0 aliphatic heterocycles. The van der Waals surface area contributed by atoms with Crippen LogP contribution in [0.2, 0.25) is 5.02 Å². The van der Waals surface area contributed by atoms with Crippen LogP contribution in [0.5, 0.6) is 0 Å². The van der Waals surface area contributed by atoms with E-state index < -0.39 is 0 Å². The molecule has 0 radical (unpaired) electrons. The first-order valence-electron chi connectivity index (χ1n) is 6.62. The fourth-order valence-corrected chi connectivity index (χ4v) is 3.69. The summed E-state index contributed by atoms with van der Waals surface area (Å²) >= 11 is 9.73. The summed E-state index contributed by atoms with van der Waals surface area (Å²) in [6.45, 7) is 4.64. The topological polar surface area (TPSA) is 26.0 Å². The first kappa shape index (κ1) is 14.4. The zero-order valence-corrected chi connectivity index (χ0v) is 13.4. The standard InChI is InChI=1S/C15H21BrClN/c1-10-5-6-15(18,8-11(10)2)9-12-3-4-13(16)7-14(12)17/h3-4,7,10-11H,5-6,8-9,18H2,1-2H3. The molecule has 1 aromatic rings. The molecular weight excluding hydrogens is 310 g/mol. The molecule has 2 N–H and O–H groups in total. The van der Waals surface area contributed by atoms with Crippen LogP contribution >= 0.6 is 27.5 Å². The molecule has 1 aromatic carbocycles. The monoisotopic (exact) mass is 329 g/mol. The second-order valence-electron chi connectivity index (χ2n) is 5.97. The van der Waals surface area contributed by atoms with Crippen molar-refractivity contribution in [3.8, 4) is 0 Å². The molecule has 0 heterocycles. The third-order valence-corrected chi connectivity index (χ3v) is 5.20. The van der Waals surface area contributed by atoms with Crippen molar-refractivity contribution in [3.05, 3.63) is 33.3 Å². The van der Waals surface area contributed by atoms with Crippen LogP contribution in [0.15, 0.2) is 22.7 Å². The van der Waals surface area contributed by atoms with Gasteiger partial charge in [-0.1, -0.05) is 47.4 Å². The highest BCUT2D eigenvalue weighted by Gasteiger charge is 2.34. The second kappa shape index (κ2) is 5.52. The molecule has 3 heteroatoms. The Bertz CT molecular complexity index is 435. The van der Waals surface area contributed by atoms with Gasteiger partial charge in [0.25, 0.3) is 0 Å². The summed E-state index contributed by atoms with van der Waals surface area (Å²) < 4.78 is 1.02. The first-order valence-corrected chi connectivity index (χ1v) is 7.79. The average Bonchev–Trinajstić information content (AvgIpc) is 2.28. The lowest BCUT2D eigenvalue weighted by atomic mass is 9.69. The number of hydrogen-bond donors (Lipinski definition) is 1. The van der Waals surface area contributed by atoms with E-state index in [4.69, 9.17) is 17.3 Å². The SMILES string of the molecule is CC1CCC(N)(Cc2ccc(Br)cc2Cl)CC1C. The van der Waals surface area contributed by atoms with Crippen LogP contribution in [0.3, 0.4) is 0 Å². The number of halogens is 2. The van der Waals surface area contributed by atoms with Crippen molar-refractivity contribution in [2.75, 3.05) is 0 Å². The molecule has 1 aliphatic carbocycles. The zero-order valence-electron chi connectivity index (χ0n) is 11.0. The van der Waals surface area contributed by atoms with Crippen molar-refractivity contribution in [3.63, 3.8) is 0 Å². The van der Waals surface area contributed by atoms with Crippen molar-refractivity contribution in [2.24, 2.45) is 17.6 Å². The maximum atomic E-state index is 6.58. The molecule has 100 valence electrons. The van der Waals surface area contributed by atoms with E-state index in [0.29, 0.717) is 5.92 Å². The highest BCUT2D eigenvalue weighted by atomic mass is 79.9. The summed E-state index contributed by atoms with van der Waals surface area (Å²) in [5, 5.41) is 0.820. The van der Waals surface area contributed by atoms with Crippen molar-refractivity contribution >= 4 is 27.5 Å². The summed E-state index contributed by atoms with van der Waals surface area (Å²) in [4.78, 5) is 0. The van der Waals surface area contributed by atoms with Gasteiger partial charge in [0.15, 0.2) is 0 Å². The molecule has 3 unspecified atom stereocenters. The van der Waals surface area contributed by atoms with Gasteiger partial charge in [-0.15, -0.1) is 0 Å². The molecular formula is C15H21BrClN. The predicted octanol–water partition coefficient (Wildman–Crippen LogP) is 4.80. The van der Waals surface area contributed by atoms with Gasteiger partial charge in [0.05, 0.1) is 0 Å². The Morgan fingerprint density at radius 3 is 2.72 bits per heavy atom. The van der Waals surface area contributed by atoms with Gasteiger partial charge in [0.2, 0.25) is 0 Å². The number of hydrogen-bond acceptors (Lipinski definition) is 1. The highest BCUT2D eigenvalue weighted by Crippen LogP contribution is 2.37. The van der Waals surface area contributed by atoms with E-state index in [0.717, 1.165) is 34.7 Å². The second-order valence-corrected chi connectivity index (χ2v) is 7.30. The molecule has 0 spiro atoms. The van der Waals surface area contributed by atoms with E-state index in [1.54, 1.807) is 0 Å². The van der Waals surface area contributed by atoms with E-state index in [9.17, 15) is 0 Å². The molecule has 0 bridgehead atoms. The maximum absolute atomic E-state index is 6.58. The quantitative estimate of drug-likeness (QED) is 0.828. The number of benzene rings is 1. The number of rotatable bonds is 2. The van der Waals surface area contributed by atoms with Crippen molar-refractivity contribution in [1.82, 2.24) is 0 Å². The highest BCUT2D eigenvalue weighted by molar-refractivity contribution is 9.10. The average molecular weight is 331 g/mol. The van der Waals surface area contributed by atoms with Crippen LogP contribution in [-0.2, 0) is 6.42 Å². The van der Waals surface area contributed by atoms with Gasteiger partial charge >= 0.3 is 0 Å². The third-order valence-electron chi connectivity index (χ3n) is 4.36. The summed E-state index contributed by atoms with van der Waals surface area (Å²) in [7, 11) is 0. The van der Waals surface area contributed by atoms with E-state index in [1.807, 2.05) is 12.1 Å². The van der Waals surface area contributed by atoms with Gasteiger partial charge in [-0.05, 0) is 55.2 Å². The van der Waals surface area contributed by atoms with Gasteiger partial charge in [-0.2, -0.15) is 0 Å². The summed E-state index contributed by atoms with van der Waals surface area (Å²) in [6, 6.07) is 6.08. The van der Waals surface area contributed by atoms with Crippen molar-refractivity contribution in [1.29, 1.82) is 0 Å². The molecule has 2 rings (SSSR count).